The Hall–Kier alpha value is -1.17. The van der Waals surface area contributed by atoms with Gasteiger partial charge in [0.05, 0.1) is 16.9 Å². The molecule has 0 unspecified atom stereocenters. The number of anilines is 2. The molecule has 0 amide bonds. The maximum absolute atomic E-state index is 13.8. The van der Waals surface area contributed by atoms with E-state index in [1.165, 1.54) is 6.07 Å². The second-order valence-corrected chi connectivity index (χ2v) is 5.93. The first kappa shape index (κ1) is 15.2. The van der Waals surface area contributed by atoms with Gasteiger partial charge in [-0.15, -0.1) is 0 Å². The molecule has 0 bridgehead atoms. The van der Waals surface area contributed by atoms with Crippen molar-refractivity contribution in [3.8, 4) is 0 Å². The van der Waals surface area contributed by atoms with Gasteiger partial charge in [-0.05, 0) is 52.7 Å². The molecule has 0 heterocycles. The van der Waals surface area contributed by atoms with E-state index in [0.29, 0.717) is 16.4 Å². The second kappa shape index (κ2) is 6.08. The minimum absolute atomic E-state index is 0.0000638. The highest BCUT2D eigenvalue weighted by Gasteiger charge is 2.13. The molecule has 0 saturated heterocycles. The fourth-order valence-corrected chi connectivity index (χ4v) is 2.69. The molecule has 6 heteroatoms. The van der Waals surface area contributed by atoms with Crippen LogP contribution in [-0.4, -0.2) is 4.99 Å². The Bertz CT molecular complexity index is 691. The van der Waals surface area contributed by atoms with E-state index in [1.807, 2.05) is 13.0 Å². The van der Waals surface area contributed by atoms with E-state index >= 15 is 0 Å². The summed E-state index contributed by atoms with van der Waals surface area (Å²) in [5.41, 5.74) is 7.91. The average molecular weight is 374 g/mol. The predicted octanol–water partition coefficient (Wildman–Crippen LogP) is 4.93. The third-order valence-electron chi connectivity index (χ3n) is 2.78. The SMILES string of the molecule is Cc1cc(Br)c(Nc2cccc(F)c2C(N)=S)cc1Cl. The van der Waals surface area contributed by atoms with Crippen LogP contribution in [0, 0.1) is 12.7 Å². The molecule has 2 rings (SSSR count). The normalized spacial score (nSPS) is 10.4. The van der Waals surface area contributed by atoms with Crippen LogP contribution in [0.1, 0.15) is 11.1 Å². The maximum Gasteiger partial charge on any atom is 0.135 e. The molecule has 0 radical (unpaired) electrons. The summed E-state index contributed by atoms with van der Waals surface area (Å²) in [5, 5.41) is 3.71. The molecule has 0 aliphatic heterocycles. The summed E-state index contributed by atoms with van der Waals surface area (Å²) in [6, 6.07) is 8.25. The van der Waals surface area contributed by atoms with Gasteiger partial charge in [0.15, 0.2) is 0 Å². The van der Waals surface area contributed by atoms with Crippen LogP contribution in [0.2, 0.25) is 5.02 Å². The van der Waals surface area contributed by atoms with Gasteiger partial charge in [-0.25, -0.2) is 4.39 Å². The van der Waals surface area contributed by atoms with E-state index in [-0.39, 0.29) is 10.6 Å². The van der Waals surface area contributed by atoms with Crippen LogP contribution in [0.5, 0.6) is 0 Å². The minimum atomic E-state index is -0.461. The van der Waals surface area contributed by atoms with Gasteiger partial charge in [-0.2, -0.15) is 0 Å². The van der Waals surface area contributed by atoms with Crippen molar-refractivity contribution in [2.45, 2.75) is 6.92 Å². The third kappa shape index (κ3) is 3.11. The summed E-state index contributed by atoms with van der Waals surface area (Å²) in [7, 11) is 0. The lowest BCUT2D eigenvalue weighted by atomic mass is 10.1. The van der Waals surface area contributed by atoms with Crippen LogP contribution in [0.25, 0.3) is 0 Å². The zero-order valence-corrected chi connectivity index (χ0v) is 13.7. The van der Waals surface area contributed by atoms with E-state index in [9.17, 15) is 4.39 Å². The monoisotopic (exact) mass is 372 g/mol. The highest BCUT2D eigenvalue weighted by atomic mass is 79.9. The fraction of sp³-hybridized carbons (Fsp3) is 0.0714. The van der Waals surface area contributed by atoms with Crippen molar-refractivity contribution < 1.29 is 4.39 Å². The van der Waals surface area contributed by atoms with Crippen molar-refractivity contribution in [1.82, 2.24) is 0 Å². The van der Waals surface area contributed by atoms with E-state index in [1.54, 1.807) is 18.2 Å². The molecule has 0 aliphatic carbocycles. The van der Waals surface area contributed by atoms with Crippen LogP contribution in [0.3, 0.4) is 0 Å². The molecule has 20 heavy (non-hydrogen) atoms. The molecule has 2 nitrogen and oxygen atoms in total. The number of nitrogens with two attached hydrogens (primary N) is 1. The molecule has 3 N–H and O–H groups in total. The number of benzene rings is 2. The van der Waals surface area contributed by atoms with Crippen LogP contribution >= 0.6 is 39.7 Å². The molecule has 2 aromatic rings. The van der Waals surface area contributed by atoms with Crippen LogP contribution in [0.4, 0.5) is 15.8 Å². The molecular formula is C14H11BrClFN2S. The Morgan fingerprint density at radius 1 is 1.35 bits per heavy atom. The van der Waals surface area contributed by atoms with E-state index in [4.69, 9.17) is 29.6 Å². The van der Waals surface area contributed by atoms with Crippen molar-refractivity contribution >= 4 is 56.1 Å². The summed E-state index contributed by atoms with van der Waals surface area (Å²) in [6.45, 7) is 1.90. The van der Waals surface area contributed by atoms with Gasteiger partial charge in [0.1, 0.15) is 10.8 Å². The molecule has 0 saturated carbocycles. The Kier molecular flexibility index (Phi) is 4.62. The van der Waals surface area contributed by atoms with Gasteiger partial charge in [0.25, 0.3) is 0 Å². The molecule has 0 aliphatic rings. The van der Waals surface area contributed by atoms with Gasteiger partial charge in [-0.3, -0.25) is 0 Å². The van der Waals surface area contributed by atoms with Crippen molar-refractivity contribution in [2.75, 3.05) is 5.32 Å². The summed E-state index contributed by atoms with van der Waals surface area (Å²) in [4.78, 5) is -0.0000638. The smallest absolute Gasteiger partial charge is 0.135 e. The largest absolute Gasteiger partial charge is 0.389 e. The Balaban J connectivity index is 2.48. The number of nitrogens with one attached hydrogen (secondary N) is 1. The highest BCUT2D eigenvalue weighted by molar-refractivity contribution is 9.10. The molecule has 104 valence electrons. The maximum atomic E-state index is 13.8. The zero-order valence-electron chi connectivity index (χ0n) is 10.5. The first-order valence-electron chi connectivity index (χ1n) is 5.71. The molecule has 0 fully saturated rings. The number of halogens is 3. The summed E-state index contributed by atoms with van der Waals surface area (Å²) in [6.07, 6.45) is 0. The van der Waals surface area contributed by atoms with Crippen LogP contribution < -0.4 is 11.1 Å². The minimum Gasteiger partial charge on any atom is -0.389 e. The Labute approximate surface area is 135 Å². The molecule has 0 atom stereocenters. The van der Waals surface area contributed by atoms with E-state index < -0.39 is 5.82 Å². The Morgan fingerprint density at radius 3 is 2.70 bits per heavy atom. The van der Waals surface area contributed by atoms with Crippen LogP contribution in [-0.2, 0) is 0 Å². The van der Waals surface area contributed by atoms with Gasteiger partial charge >= 0.3 is 0 Å². The summed E-state index contributed by atoms with van der Waals surface area (Å²) >= 11 is 14.4. The molecule has 0 spiro atoms. The number of hydrogen-bond donors (Lipinski definition) is 2. The summed E-state index contributed by atoms with van der Waals surface area (Å²) < 4.78 is 14.6. The Morgan fingerprint density at radius 2 is 2.05 bits per heavy atom. The van der Waals surface area contributed by atoms with Gasteiger partial charge in [0.2, 0.25) is 0 Å². The second-order valence-electron chi connectivity index (χ2n) is 4.23. The predicted molar refractivity (Wildman–Crippen MR) is 89.5 cm³/mol. The van der Waals surface area contributed by atoms with Crippen molar-refractivity contribution in [3.05, 3.63) is 56.8 Å². The number of rotatable bonds is 3. The first-order valence-corrected chi connectivity index (χ1v) is 7.29. The molecule has 0 aromatic heterocycles. The highest BCUT2D eigenvalue weighted by Crippen LogP contribution is 2.32. The van der Waals surface area contributed by atoms with Crippen molar-refractivity contribution in [3.63, 3.8) is 0 Å². The number of aryl methyl sites for hydroxylation is 1. The van der Waals surface area contributed by atoms with Crippen LogP contribution in [0.15, 0.2) is 34.8 Å². The van der Waals surface area contributed by atoms with Gasteiger partial charge < -0.3 is 11.1 Å². The average Bonchev–Trinajstić information content (AvgIpc) is 2.35. The molecule has 2 aromatic carbocycles. The van der Waals surface area contributed by atoms with Gasteiger partial charge in [0, 0.05) is 9.50 Å². The van der Waals surface area contributed by atoms with E-state index in [0.717, 1.165) is 10.0 Å². The lowest BCUT2D eigenvalue weighted by molar-refractivity contribution is 0.626. The van der Waals surface area contributed by atoms with Crippen molar-refractivity contribution in [1.29, 1.82) is 0 Å². The number of hydrogen-bond acceptors (Lipinski definition) is 2. The number of thiocarbonyl (C=S) groups is 1. The zero-order chi connectivity index (χ0) is 14.9. The lowest BCUT2D eigenvalue weighted by Crippen LogP contribution is -2.14. The lowest BCUT2D eigenvalue weighted by Gasteiger charge is -2.14. The fourth-order valence-electron chi connectivity index (χ4n) is 1.77. The standard InChI is InChI=1S/C14H11BrClFN2S/c1-7-5-8(15)12(6-9(7)16)19-11-4-2-3-10(17)13(11)14(18)20/h2-6,19H,1H3,(H2,18,20). The molecular weight excluding hydrogens is 363 g/mol. The van der Waals surface area contributed by atoms with E-state index in [2.05, 4.69) is 21.2 Å². The first-order chi connectivity index (χ1) is 9.40. The van der Waals surface area contributed by atoms with Crippen molar-refractivity contribution in [2.24, 2.45) is 5.73 Å². The quantitative estimate of drug-likeness (QED) is 0.749. The summed E-state index contributed by atoms with van der Waals surface area (Å²) in [5.74, 6) is -0.461. The van der Waals surface area contributed by atoms with Gasteiger partial charge in [-0.1, -0.05) is 29.9 Å². The third-order valence-corrected chi connectivity index (χ3v) is 4.05. The topological polar surface area (TPSA) is 38.0 Å².